The highest BCUT2D eigenvalue weighted by Gasteiger charge is 2.13. The second kappa shape index (κ2) is 8.08. The van der Waals surface area contributed by atoms with Crippen molar-refractivity contribution in [2.75, 3.05) is 45.8 Å². The Morgan fingerprint density at radius 1 is 0.933 bits per heavy atom. The van der Waals surface area contributed by atoms with E-state index in [0.717, 1.165) is 13.0 Å². The normalized spacial score (nSPS) is 20.4. The molecule has 1 rings (SSSR count). The number of hydrogen-bond acceptors (Lipinski definition) is 3. The summed E-state index contributed by atoms with van der Waals surface area (Å²) in [4.78, 5) is 5.19. The lowest BCUT2D eigenvalue weighted by Crippen LogP contribution is -2.32. The fraction of sp³-hybridized carbons (Fsp3) is 1.00. The van der Waals surface area contributed by atoms with Crippen molar-refractivity contribution in [2.24, 2.45) is 5.73 Å². The number of hydrogen-bond donors (Lipinski definition) is 1. The SMILES string of the molecule is CCCCN1CCCN(CCCN)CC1. The van der Waals surface area contributed by atoms with Gasteiger partial charge in [0.05, 0.1) is 0 Å². The first-order valence-corrected chi connectivity index (χ1v) is 6.51. The van der Waals surface area contributed by atoms with Gasteiger partial charge >= 0.3 is 0 Å². The summed E-state index contributed by atoms with van der Waals surface area (Å²) in [6, 6.07) is 0. The van der Waals surface area contributed by atoms with Crippen LogP contribution in [0.1, 0.15) is 32.6 Å². The van der Waals surface area contributed by atoms with Crippen LogP contribution in [-0.4, -0.2) is 55.6 Å². The fourth-order valence-electron chi connectivity index (χ4n) is 2.17. The quantitative estimate of drug-likeness (QED) is 0.718. The van der Waals surface area contributed by atoms with Gasteiger partial charge in [0.2, 0.25) is 0 Å². The zero-order chi connectivity index (χ0) is 10.9. The number of rotatable bonds is 6. The first-order chi connectivity index (χ1) is 7.36. The summed E-state index contributed by atoms with van der Waals surface area (Å²) < 4.78 is 0. The maximum Gasteiger partial charge on any atom is 0.0109 e. The van der Waals surface area contributed by atoms with E-state index in [-0.39, 0.29) is 0 Å². The highest BCUT2D eigenvalue weighted by molar-refractivity contribution is 4.69. The monoisotopic (exact) mass is 213 g/mol. The molecule has 0 saturated carbocycles. The Labute approximate surface area is 94.6 Å². The topological polar surface area (TPSA) is 32.5 Å². The molecule has 3 heteroatoms. The van der Waals surface area contributed by atoms with E-state index in [1.165, 1.54) is 58.5 Å². The number of nitrogens with zero attached hydrogens (tertiary/aromatic N) is 2. The van der Waals surface area contributed by atoms with Crippen LogP contribution < -0.4 is 5.73 Å². The van der Waals surface area contributed by atoms with Crippen LogP contribution in [0.5, 0.6) is 0 Å². The van der Waals surface area contributed by atoms with Crippen LogP contribution in [0.3, 0.4) is 0 Å². The molecule has 0 unspecified atom stereocenters. The van der Waals surface area contributed by atoms with Gasteiger partial charge in [0, 0.05) is 13.1 Å². The zero-order valence-electron chi connectivity index (χ0n) is 10.2. The Balaban J connectivity index is 2.16. The summed E-state index contributed by atoms with van der Waals surface area (Å²) in [6.07, 6.45) is 5.14. The lowest BCUT2D eigenvalue weighted by Gasteiger charge is -2.21. The Morgan fingerprint density at radius 2 is 1.53 bits per heavy atom. The van der Waals surface area contributed by atoms with Gasteiger partial charge in [-0.15, -0.1) is 0 Å². The van der Waals surface area contributed by atoms with E-state index in [4.69, 9.17) is 5.73 Å². The average molecular weight is 213 g/mol. The molecule has 1 aliphatic rings. The Hall–Kier alpha value is -0.120. The van der Waals surface area contributed by atoms with Crippen molar-refractivity contribution in [2.45, 2.75) is 32.6 Å². The smallest absolute Gasteiger partial charge is 0.0109 e. The molecule has 90 valence electrons. The molecule has 3 nitrogen and oxygen atoms in total. The van der Waals surface area contributed by atoms with Crippen molar-refractivity contribution in [1.29, 1.82) is 0 Å². The minimum absolute atomic E-state index is 0.829. The molecule has 0 aromatic heterocycles. The van der Waals surface area contributed by atoms with Crippen LogP contribution in [0.25, 0.3) is 0 Å². The van der Waals surface area contributed by atoms with Gasteiger partial charge in [-0.3, -0.25) is 0 Å². The minimum atomic E-state index is 0.829. The molecule has 0 atom stereocenters. The van der Waals surface area contributed by atoms with E-state index in [9.17, 15) is 0 Å². The third kappa shape index (κ3) is 5.50. The molecule has 15 heavy (non-hydrogen) atoms. The minimum Gasteiger partial charge on any atom is -0.330 e. The van der Waals surface area contributed by atoms with Crippen molar-refractivity contribution in [3.05, 3.63) is 0 Å². The number of unbranched alkanes of at least 4 members (excludes halogenated alkanes) is 1. The van der Waals surface area contributed by atoms with Crippen LogP contribution in [0.15, 0.2) is 0 Å². The van der Waals surface area contributed by atoms with E-state index in [2.05, 4.69) is 16.7 Å². The summed E-state index contributed by atoms with van der Waals surface area (Å²) in [7, 11) is 0. The summed E-state index contributed by atoms with van der Waals surface area (Å²) in [5.41, 5.74) is 5.54. The molecule has 0 spiro atoms. The molecular formula is C12H27N3. The van der Waals surface area contributed by atoms with E-state index < -0.39 is 0 Å². The Kier molecular flexibility index (Phi) is 6.98. The van der Waals surface area contributed by atoms with Gasteiger partial charge in [-0.25, -0.2) is 0 Å². The molecule has 0 aliphatic carbocycles. The standard InChI is InChI=1S/C12H27N3/c1-2-3-7-14-9-5-10-15(12-11-14)8-4-6-13/h2-13H2,1H3. The molecule has 1 aliphatic heterocycles. The predicted octanol–water partition coefficient (Wildman–Crippen LogP) is 1.14. The van der Waals surface area contributed by atoms with E-state index >= 15 is 0 Å². The highest BCUT2D eigenvalue weighted by atomic mass is 15.2. The maximum atomic E-state index is 5.54. The second-order valence-electron chi connectivity index (χ2n) is 4.53. The molecule has 0 radical (unpaired) electrons. The van der Waals surface area contributed by atoms with Crippen molar-refractivity contribution in [3.8, 4) is 0 Å². The predicted molar refractivity (Wildman–Crippen MR) is 66.1 cm³/mol. The van der Waals surface area contributed by atoms with Crippen LogP contribution in [0, 0.1) is 0 Å². The van der Waals surface area contributed by atoms with E-state index in [1.807, 2.05) is 0 Å². The molecule has 1 saturated heterocycles. The van der Waals surface area contributed by atoms with Gasteiger partial charge in [0.1, 0.15) is 0 Å². The molecule has 1 heterocycles. The number of nitrogens with two attached hydrogens (primary N) is 1. The summed E-state index contributed by atoms with van der Waals surface area (Å²) in [5.74, 6) is 0. The van der Waals surface area contributed by atoms with Crippen LogP contribution in [-0.2, 0) is 0 Å². The molecule has 1 fully saturated rings. The lowest BCUT2D eigenvalue weighted by molar-refractivity contribution is 0.253. The lowest BCUT2D eigenvalue weighted by atomic mass is 10.3. The second-order valence-corrected chi connectivity index (χ2v) is 4.53. The van der Waals surface area contributed by atoms with Crippen molar-refractivity contribution in [3.63, 3.8) is 0 Å². The molecule has 0 amide bonds. The van der Waals surface area contributed by atoms with Gasteiger partial charge in [0.15, 0.2) is 0 Å². The summed E-state index contributed by atoms with van der Waals surface area (Å²) in [5, 5.41) is 0. The Morgan fingerprint density at radius 3 is 2.07 bits per heavy atom. The van der Waals surface area contributed by atoms with E-state index in [0.29, 0.717) is 0 Å². The van der Waals surface area contributed by atoms with Gasteiger partial charge in [-0.1, -0.05) is 13.3 Å². The summed E-state index contributed by atoms with van der Waals surface area (Å²) >= 11 is 0. The first-order valence-electron chi connectivity index (χ1n) is 6.51. The van der Waals surface area contributed by atoms with Crippen LogP contribution >= 0.6 is 0 Å². The largest absolute Gasteiger partial charge is 0.330 e. The fourth-order valence-corrected chi connectivity index (χ4v) is 2.17. The Bertz CT molecular complexity index is 134. The average Bonchev–Trinajstić information content (AvgIpc) is 2.49. The molecule has 0 aromatic rings. The maximum absolute atomic E-state index is 5.54. The molecule has 2 N–H and O–H groups in total. The third-order valence-corrected chi connectivity index (χ3v) is 3.19. The van der Waals surface area contributed by atoms with Gasteiger partial charge in [0.25, 0.3) is 0 Å². The highest BCUT2D eigenvalue weighted by Crippen LogP contribution is 2.04. The van der Waals surface area contributed by atoms with Gasteiger partial charge in [-0.05, 0) is 52.0 Å². The van der Waals surface area contributed by atoms with Crippen molar-refractivity contribution in [1.82, 2.24) is 9.80 Å². The molecular weight excluding hydrogens is 186 g/mol. The van der Waals surface area contributed by atoms with Gasteiger partial charge in [-0.2, -0.15) is 0 Å². The van der Waals surface area contributed by atoms with Crippen LogP contribution in [0.2, 0.25) is 0 Å². The third-order valence-electron chi connectivity index (χ3n) is 3.19. The zero-order valence-corrected chi connectivity index (χ0v) is 10.2. The van der Waals surface area contributed by atoms with E-state index in [1.54, 1.807) is 0 Å². The first kappa shape index (κ1) is 12.9. The van der Waals surface area contributed by atoms with Crippen molar-refractivity contribution < 1.29 is 0 Å². The van der Waals surface area contributed by atoms with Crippen molar-refractivity contribution >= 4 is 0 Å². The molecule has 0 bridgehead atoms. The molecule has 0 aromatic carbocycles. The van der Waals surface area contributed by atoms with Gasteiger partial charge < -0.3 is 15.5 Å². The summed E-state index contributed by atoms with van der Waals surface area (Å²) in [6.45, 7) is 10.6. The van der Waals surface area contributed by atoms with Crippen LogP contribution in [0.4, 0.5) is 0 Å².